The fourth-order valence-electron chi connectivity index (χ4n) is 5.10. The topological polar surface area (TPSA) is 91.7 Å². The van der Waals surface area contributed by atoms with Crippen LogP contribution in [0.1, 0.15) is 50.0 Å². The van der Waals surface area contributed by atoms with Gasteiger partial charge in [0.1, 0.15) is 29.5 Å². The number of para-hydroxylation sites is 1. The van der Waals surface area contributed by atoms with Crippen molar-refractivity contribution in [2.75, 3.05) is 6.54 Å². The molecular formula is C26H27N3O4. The first kappa shape index (κ1) is 21.2. The average molecular weight is 446 g/mol. The van der Waals surface area contributed by atoms with E-state index < -0.39 is 23.5 Å². The average Bonchev–Trinajstić information content (AvgIpc) is 3.35. The molecule has 2 fully saturated rings. The first-order chi connectivity index (χ1) is 16.0. The van der Waals surface area contributed by atoms with E-state index in [1.54, 1.807) is 0 Å². The van der Waals surface area contributed by atoms with Crippen molar-refractivity contribution < 1.29 is 18.8 Å². The molecule has 4 amide bonds. The first-order valence-corrected chi connectivity index (χ1v) is 11.4. The molecule has 2 heterocycles. The monoisotopic (exact) mass is 445 g/mol. The summed E-state index contributed by atoms with van der Waals surface area (Å²) in [4.78, 5) is 40.0. The summed E-state index contributed by atoms with van der Waals surface area (Å²) < 4.78 is 6.03. The van der Waals surface area contributed by atoms with Crippen molar-refractivity contribution in [3.8, 4) is 0 Å². The van der Waals surface area contributed by atoms with E-state index in [9.17, 15) is 14.4 Å². The van der Waals surface area contributed by atoms with E-state index >= 15 is 0 Å². The van der Waals surface area contributed by atoms with Crippen molar-refractivity contribution in [2.45, 2.75) is 44.2 Å². The third kappa shape index (κ3) is 3.77. The Labute approximate surface area is 192 Å². The molecule has 1 spiro atoms. The summed E-state index contributed by atoms with van der Waals surface area (Å²) in [7, 11) is 0. The lowest BCUT2D eigenvalue weighted by Crippen LogP contribution is -2.54. The normalized spacial score (nSPS) is 23.7. The summed E-state index contributed by atoms with van der Waals surface area (Å²) in [5, 5.41) is 6.81. The van der Waals surface area contributed by atoms with Crippen molar-refractivity contribution in [1.82, 2.24) is 15.5 Å². The Kier molecular flexibility index (Phi) is 5.40. The van der Waals surface area contributed by atoms with Crippen LogP contribution in [0.5, 0.6) is 0 Å². The van der Waals surface area contributed by atoms with E-state index in [-0.39, 0.29) is 18.4 Å². The summed E-state index contributed by atoms with van der Waals surface area (Å²) in [5.41, 5.74) is 0.692. The number of nitrogens with zero attached hydrogens (tertiary/aromatic N) is 1. The number of amides is 4. The number of hydrogen-bond donors (Lipinski definition) is 2. The standard InChI is InChI=1S/C26H27N3O4/c1-17-9-7-8-14-26(17)24(31)29(25(32)28-26)16-22(30)27-23(18-10-3-2-4-11-18)21-15-19-12-5-6-13-20(19)33-21/h2-6,10-13,15,17,23H,7-9,14,16H2,1H3,(H,27,30)(H,28,32). The molecule has 7 heteroatoms. The highest BCUT2D eigenvalue weighted by atomic mass is 16.3. The number of carbonyl (C=O) groups is 3. The zero-order chi connectivity index (χ0) is 23.0. The smallest absolute Gasteiger partial charge is 0.325 e. The number of rotatable bonds is 5. The van der Waals surface area contributed by atoms with Crippen LogP contribution in [0.25, 0.3) is 11.0 Å². The van der Waals surface area contributed by atoms with Gasteiger partial charge in [0.25, 0.3) is 5.91 Å². The molecule has 2 aromatic carbocycles. The Morgan fingerprint density at radius 1 is 1.15 bits per heavy atom. The van der Waals surface area contributed by atoms with Gasteiger partial charge in [0.05, 0.1) is 0 Å². The van der Waals surface area contributed by atoms with Crippen LogP contribution in [0, 0.1) is 5.92 Å². The Balaban J connectivity index is 1.38. The maximum atomic E-state index is 13.2. The number of urea groups is 1. The van der Waals surface area contributed by atoms with Crippen LogP contribution in [0.15, 0.2) is 65.1 Å². The number of benzene rings is 2. The van der Waals surface area contributed by atoms with Gasteiger partial charge in [-0.05, 0) is 36.5 Å². The lowest BCUT2D eigenvalue weighted by Gasteiger charge is -2.36. The number of nitrogens with one attached hydrogen (secondary N) is 2. The van der Waals surface area contributed by atoms with Crippen LogP contribution in [0.3, 0.4) is 0 Å². The van der Waals surface area contributed by atoms with Crippen molar-refractivity contribution in [3.05, 3.63) is 72.0 Å². The highest BCUT2D eigenvalue weighted by Gasteiger charge is 2.55. The van der Waals surface area contributed by atoms with Crippen LogP contribution in [-0.2, 0) is 9.59 Å². The van der Waals surface area contributed by atoms with Gasteiger partial charge in [0.15, 0.2) is 0 Å². The summed E-state index contributed by atoms with van der Waals surface area (Å²) in [6, 6.07) is 18.0. The Morgan fingerprint density at radius 3 is 2.67 bits per heavy atom. The zero-order valence-electron chi connectivity index (χ0n) is 18.5. The molecule has 0 bridgehead atoms. The van der Waals surface area contributed by atoms with Gasteiger partial charge in [-0.25, -0.2) is 4.79 Å². The van der Waals surface area contributed by atoms with E-state index in [2.05, 4.69) is 10.6 Å². The van der Waals surface area contributed by atoms with Gasteiger partial charge in [-0.15, -0.1) is 0 Å². The molecule has 33 heavy (non-hydrogen) atoms. The largest absolute Gasteiger partial charge is 0.459 e. The molecule has 1 aliphatic heterocycles. The van der Waals surface area contributed by atoms with Crippen LogP contribution < -0.4 is 10.6 Å². The van der Waals surface area contributed by atoms with E-state index in [0.717, 1.165) is 40.7 Å². The molecule has 3 atom stereocenters. The molecule has 1 aliphatic carbocycles. The van der Waals surface area contributed by atoms with E-state index in [0.29, 0.717) is 12.2 Å². The van der Waals surface area contributed by atoms with Gasteiger partial charge in [-0.3, -0.25) is 14.5 Å². The molecule has 7 nitrogen and oxygen atoms in total. The SMILES string of the molecule is CC1CCCCC12NC(=O)N(CC(=O)NC(c1ccccc1)c1cc3ccccc3o1)C2=O. The van der Waals surface area contributed by atoms with Crippen LogP contribution >= 0.6 is 0 Å². The quantitative estimate of drug-likeness (QED) is 0.578. The summed E-state index contributed by atoms with van der Waals surface area (Å²) >= 11 is 0. The predicted octanol–water partition coefficient (Wildman–Crippen LogP) is 4.14. The maximum absolute atomic E-state index is 13.2. The first-order valence-electron chi connectivity index (χ1n) is 11.4. The molecule has 1 aromatic heterocycles. The van der Waals surface area contributed by atoms with Crippen molar-refractivity contribution >= 4 is 28.8 Å². The Hall–Kier alpha value is -3.61. The van der Waals surface area contributed by atoms with Gasteiger partial charge in [0.2, 0.25) is 5.91 Å². The van der Waals surface area contributed by atoms with Crippen molar-refractivity contribution in [1.29, 1.82) is 0 Å². The minimum atomic E-state index is -0.882. The molecule has 2 aliphatic rings. The van der Waals surface area contributed by atoms with Gasteiger partial charge in [0, 0.05) is 5.39 Å². The molecule has 170 valence electrons. The third-order valence-electron chi connectivity index (χ3n) is 6.97. The van der Waals surface area contributed by atoms with Gasteiger partial charge in [-0.1, -0.05) is 68.3 Å². The molecule has 3 aromatic rings. The van der Waals surface area contributed by atoms with Gasteiger partial charge >= 0.3 is 6.03 Å². The fraction of sp³-hybridized carbons (Fsp3) is 0.346. The second kappa shape index (κ2) is 8.39. The minimum absolute atomic E-state index is 0.0448. The highest BCUT2D eigenvalue weighted by molar-refractivity contribution is 6.09. The van der Waals surface area contributed by atoms with E-state index in [4.69, 9.17) is 4.42 Å². The van der Waals surface area contributed by atoms with Gasteiger partial charge < -0.3 is 15.1 Å². The Morgan fingerprint density at radius 2 is 1.91 bits per heavy atom. The minimum Gasteiger partial charge on any atom is -0.459 e. The molecular weight excluding hydrogens is 418 g/mol. The lowest BCUT2D eigenvalue weighted by molar-refractivity contribution is -0.137. The van der Waals surface area contributed by atoms with E-state index in [1.165, 1.54) is 0 Å². The molecule has 1 saturated carbocycles. The van der Waals surface area contributed by atoms with Gasteiger partial charge in [-0.2, -0.15) is 0 Å². The molecule has 0 radical (unpaired) electrons. The number of hydrogen-bond acceptors (Lipinski definition) is 4. The third-order valence-corrected chi connectivity index (χ3v) is 6.97. The van der Waals surface area contributed by atoms with Crippen molar-refractivity contribution in [3.63, 3.8) is 0 Å². The second-order valence-electron chi connectivity index (χ2n) is 9.04. The highest BCUT2D eigenvalue weighted by Crippen LogP contribution is 2.38. The second-order valence-corrected chi connectivity index (χ2v) is 9.04. The summed E-state index contributed by atoms with van der Waals surface area (Å²) in [6.07, 6.45) is 3.43. The maximum Gasteiger partial charge on any atom is 0.325 e. The number of carbonyl (C=O) groups excluding carboxylic acids is 3. The summed E-state index contributed by atoms with van der Waals surface area (Å²) in [6.45, 7) is 1.66. The Bertz CT molecular complexity index is 1170. The molecule has 1 saturated heterocycles. The lowest BCUT2D eigenvalue weighted by atomic mass is 9.73. The molecule has 3 unspecified atom stereocenters. The van der Waals surface area contributed by atoms with E-state index in [1.807, 2.05) is 67.6 Å². The fourth-order valence-corrected chi connectivity index (χ4v) is 5.10. The number of fused-ring (bicyclic) bond motifs is 1. The molecule has 2 N–H and O–H groups in total. The summed E-state index contributed by atoms with van der Waals surface area (Å²) in [5.74, 6) is -0.0862. The van der Waals surface area contributed by atoms with Crippen LogP contribution in [-0.4, -0.2) is 34.8 Å². The predicted molar refractivity (Wildman–Crippen MR) is 123 cm³/mol. The molecule has 5 rings (SSSR count). The van der Waals surface area contributed by atoms with Crippen molar-refractivity contribution in [2.24, 2.45) is 5.92 Å². The van der Waals surface area contributed by atoms with Crippen LogP contribution in [0.4, 0.5) is 4.79 Å². The zero-order valence-corrected chi connectivity index (χ0v) is 18.5. The van der Waals surface area contributed by atoms with Crippen LogP contribution in [0.2, 0.25) is 0 Å². The number of furan rings is 1. The number of imide groups is 1.